The van der Waals surface area contributed by atoms with Crippen molar-refractivity contribution in [3.8, 4) is 11.5 Å². The number of para-hydroxylation sites is 1. The summed E-state index contributed by atoms with van der Waals surface area (Å²) in [5.41, 5.74) is 2.21. The number of carbonyl (C=O) groups is 1. The summed E-state index contributed by atoms with van der Waals surface area (Å²) in [5, 5.41) is 6.68. The fourth-order valence-electron chi connectivity index (χ4n) is 3.94. The highest BCUT2D eigenvalue weighted by Crippen LogP contribution is 2.31. The lowest BCUT2D eigenvalue weighted by Crippen LogP contribution is -2.40. The average molecular weight is 439 g/mol. The average Bonchev–Trinajstić information content (AvgIpc) is 3.19. The number of ether oxygens (including phenoxy) is 2. The van der Waals surface area contributed by atoms with Crippen molar-refractivity contribution in [2.75, 3.05) is 40.4 Å². The molecule has 1 unspecified atom stereocenters. The molecule has 0 aromatic heterocycles. The molecule has 0 spiro atoms. The molecule has 1 heterocycles. The first-order valence-corrected chi connectivity index (χ1v) is 11.2. The Kier molecular flexibility index (Phi) is 8.78. The van der Waals surface area contributed by atoms with Gasteiger partial charge in [-0.05, 0) is 25.0 Å². The van der Waals surface area contributed by atoms with Gasteiger partial charge >= 0.3 is 0 Å². The number of benzene rings is 2. The lowest BCUT2D eigenvalue weighted by molar-refractivity contribution is -0.127. The van der Waals surface area contributed by atoms with Crippen molar-refractivity contribution in [2.24, 2.45) is 10.9 Å². The van der Waals surface area contributed by atoms with Crippen LogP contribution in [0.3, 0.4) is 0 Å². The van der Waals surface area contributed by atoms with Crippen LogP contribution in [0.4, 0.5) is 0 Å². The normalized spacial score (nSPS) is 16.2. The zero-order valence-electron chi connectivity index (χ0n) is 19.3. The van der Waals surface area contributed by atoms with Gasteiger partial charge in [0.15, 0.2) is 17.5 Å². The van der Waals surface area contributed by atoms with E-state index >= 15 is 0 Å². The highest BCUT2D eigenvalue weighted by Gasteiger charge is 2.29. The number of aliphatic imine (C=N–C) groups is 1. The van der Waals surface area contributed by atoms with Gasteiger partial charge < -0.3 is 25.0 Å². The van der Waals surface area contributed by atoms with Crippen LogP contribution in [-0.4, -0.2) is 57.2 Å². The molecule has 7 heteroatoms. The first kappa shape index (κ1) is 23.4. The van der Waals surface area contributed by atoms with E-state index in [2.05, 4.69) is 22.8 Å². The van der Waals surface area contributed by atoms with Gasteiger partial charge in [-0.15, -0.1) is 0 Å². The Hall–Kier alpha value is -3.22. The maximum Gasteiger partial charge on any atom is 0.223 e. The maximum absolute atomic E-state index is 12.4. The van der Waals surface area contributed by atoms with E-state index < -0.39 is 0 Å². The van der Waals surface area contributed by atoms with E-state index in [1.807, 2.05) is 48.2 Å². The number of hydrogen-bond acceptors (Lipinski definition) is 4. The summed E-state index contributed by atoms with van der Waals surface area (Å²) in [6.45, 7) is 5.50. The van der Waals surface area contributed by atoms with Gasteiger partial charge in [-0.25, -0.2) is 4.99 Å². The molecule has 0 radical (unpaired) electrons. The van der Waals surface area contributed by atoms with Crippen molar-refractivity contribution >= 4 is 11.9 Å². The number of carbonyl (C=O) groups excluding carboxylic acids is 1. The molecule has 3 rings (SSSR count). The number of rotatable bonds is 10. The molecule has 1 aliphatic heterocycles. The van der Waals surface area contributed by atoms with Crippen LogP contribution >= 0.6 is 0 Å². The van der Waals surface area contributed by atoms with Crippen molar-refractivity contribution in [2.45, 2.75) is 26.3 Å². The minimum Gasteiger partial charge on any atom is -0.493 e. The fraction of sp³-hybridized carbons (Fsp3) is 0.440. The van der Waals surface area contributed by atoms with Crippen LogP contribution in [0.15, 0.2) is 53.5 Å². The maximum atomic E-state index is 12.4. The van der Waals surface area contributed by atoms with Crippen molar-refractivity contribution in [3.63, 3.8) is 0 Å². The molecule has 1 atom stereocenters. The van der Waals surface area contributed by atoms with Gasteiger partial charge in [0.05, 0.1) is 20.8 Å². The summed E-state index contributed by atoms with van der Waals surface area (Å²) in [7, 11) is 3.26. The molecular formula is C25H34N4O3. The van der Waals surface area contributed by atoms with E-state index in [0.717, 1.165) is 37.6 Å². The van der Waals surface area contributed by atoms with E-state index in [9.17, 15) is 4.79 Å². The molecular weight excluding hydrogens is 404 g/mol. The molecule has 0 bridgehead atoms. The number of hydrogen-bond donors (Lipinski definition) is 2. The number of nitrogens with zero attached hydrogens (tertiary/aromatic N) is 2. The third-order valence-corrected chi connectivity index (χ3v) is 5.60. The molecule has 172 valence electrons. The monoisotopic (exact) mass is 438 g/mol. The molecule has 1 fully saturated rings. The zero-order chi connectivity index (χ0) is 22.8. The van der Waals surface area contributed by atoms with Gasteiger partial charge in [0.2, 0.25) is 5.91 Å². The van der Waals surface area contributed by atoms with Crippen LogP contribution in [0.2, 0.25) is 0 Å². The Labute approximate surface area is 190 Å². The van der Waals surface area contributed by atoms with Crippen LogP contribution in [0, 0.1) is 5.92 Å². The summed E-state index contributed by atoms with van der Waals surface area (Å²) in [6, 6.07) is 16.1. The number of methoxy groups -OCH3 is 2. The van der Waals surface area contributed by atoms with Gasteiger partial charge in [0, 0.05) is 44.1 Å². The van der Waals surface area contributed by atoms with E-state index in [1.54, 1.807) is 14.2 Å². The molecule has 2 N–H and O–H groups in total. The van der Waals surface area contributed by atoms with Crippen molar-refractivity contribution in [1.29, 1.82) is 0 Å². The first-order chi connectivity index (χ1) is 15.6. The Morgan fingerprint density at radius 2 is 1.91 bits per heavy atom. The number of guanidine groups is 1. The minimum absolute atomic E-state index is 0.232. The molecule has 0 aliphatic carbocycles. The minimum atomic E-state index is 0.232. The summed E-state index contributed by atoms with van der Waals surface area (Å²) in [4.78, 5) is 19.1. The predicted molar refractivity (Wildman–Crippen MR) is 127 cm³/mol. The molecule has 7 nitrogen and oxygen atoms in total. The Morgan fingerprint density at radius 1 is 1.09 bits per heavy atom. The van der Waals surface area contributed by atoms with Crippen LogP contribution in [0.1, 0.15) is 24.5 Å². The molecule has 1 saturated heterocycles. The van der Waals surface area contributed by atoms with Gasteiger partial charge in [-0.2, -0.15) is 0 Å². The fourth-order valence-corrected chi connectivity index (χ4v) is 3.94. The SMILES string of the molecule is CCNC(=NCc1cccc(OC)c1OC)NCC1CC(=O)N(CCc2ccccc2)C1. The smallest absolute Gasteiger partial charge is 0.223 e. The quantitative estimate of drug-likeness (QED) is 0.441. The topological polar surface area (TPSA) is 75.2 Å². The second-order valence-corrected chi connectivity index (χ2v) is 7.87. The van der Waals surface area contributed by atoms with Crippen molar-refractivity contribution in [3.05, 3.63) is 59.7 Å². The largest absolute Gasteiger partial charge is 0.493 e. The molecule has 32 heavy (non-hydrogen) atoms. The molecule has 2 aromatic rings. The van der Waals surface area contributed by atoms with Crippen LogP contribution in [-0.2, 0) is 17.8 Å². The van der Waals surface area contributed by atoms with Gasteiger partial charge in [-0.3, -0.25) is 4.79 Å². The van der Waals surface area contributed by atoms with Crippen LogP contribution in [0.5, 0.6) is 11.5 Å². The van der Waals surface area contributed by atoms with Crippen LogP contribution in [0.25, 0.3) is 0 Å². The van der Waals surface area contributed by atoms with E-state index in [1.165, 1.54) is 5.56 Å². The summed E-state index contributed by atoms with van der Waals surface area (Å²) >= 11 is 0. The number of amides is 1. The molecule has 1 amide bonds. The molecule has 1 aliphatic rings. The second kappa shape index (κ2) is 12.0. The lowest BCUT2D eigenvalue weighted by Gasteiger charge is -2.18. The van der Waals surface area contributed by atoms with Crippen LogP contribution < -0.4 is 20.1 Å². The summed E-state index contributed by atoms with van der Waals surface area (Å²) < 4.78 is 10.9. The van der Waals surface area contributed by atoms with E-state index in [-0.39, 0.29) is 11.8 Å². The second-order valence-electron chi connectivity index (χ2n) is 7.87. The van der Waals surface area contributed by atoms with Gasteiger partial charge in [-0.1, -0.05) is 42.5 Å². The lowest BCUT2D eigenvalue weighted by atomic mass is 10.1. The van der Waals surface area contributed by atoms with Crippen molar-refractivity contribution < 1.29 is 14.3 Å². The standard InChI is InChI=1S/C25H34N4O3/c1-4-26-25(28-17-21-11-8-12-22(31-2)24(21)32-3)27-16-20-15-23(30)29(18-20)14-13-19-9-6-5-7-10-19/h5-12,20H,4,13-18H2,1-3H3,(H2,26,27,28). The van der Waals surface area contributed by atoms with Gasteiger partial charge in [0.25, 0.3) is 0 Å². The molecule has 2 aromatic carbocycles. The number of nitrogens with one attached hydrogen (secondary N) is 2. The summed E-state index contributed by atoms with van der Waals surface area (Å²) in [6.07, 6.45) is 1.46. The Balaban J connectivity index is 1.54. The first-order valence-electron chi connectivity index (χ1n) is 11.2. The molecule has 0 saturated carbocycles. The third-order valence-electron chi connectivity index (χ3n) is 5.60. The number of likely N-dealkylation sites (tertiary alicyclic amines) is 1. The van der Waals surface area contributed by atoms with Crippen molar-refractivity contribution in [1.82, 2.24) is 15.5 Å². The predicted octanol–water partition coefficient (Wildman–Crippen LogP) is 2.85. The summed E-state index contributed by atoms with van der Waals surface area (Å²) in [5.74, 6) is 2.63. The van der Waals surface area contributed by atoms with Gasteiger partial charge in [0.1, 0.15) is 0 Å². The zero-order valence-corrected chi connectivity index (χ0v) is 19.3. The highest BCUT2D eigenvalue weighted by atomic mass is 16.5. The van der Waals surface area contributed by atoms with E-state index in [4.69, 9.17) is 14.5 Å². The highest BCUT2D eigenvalue weighted by molar-refractivity contribution is 5.81. The Morgan fingerprint density at radius 3 is 2.62 bits per heavy atom. The van der Waals surface area contributed by atoms with E-state index in [0.29, 0.717) is 31.0 Å². The Bertz CT molecular complexity index is 901. The third kappa shape index (κ3) is 6.39.